The van der Waals surface area contributed by atoms with Crippen LogP contribution in [-0.2, 0) is 9.59 Å². The average molecular weight is 333 g/mol. The topological polar surface area (TPSA) is 78.4 Å². The number of halogens is 1. The molecule has 6 heteroatoms. The van der Waals surface area contributed by atoms with Crippen molar-refractivity contribution in [1.29, 1.82) is 0 Å². The Morgan fingerprint density at radius 1 is 1.09 bits per heavy atom. The summed E-state index contributed by atoms with van der Waals surface area (Å²) in [7, 11) is 0. The van der Waals surface area contributed by atoms with Crippen LogP contribution in [0.15, 0.2) is 48.5 Å². The minimum Gasteiger partial charge on any atom is -0.388 e. The van der Waals surface area contributed by atoms with Gasteiger partial charge >= 0.3 is 0 Å². The van der Waals surface area contributed by atoms with Gasteiger partial charge in [-0.05, 0) is 35.9 Å². The summed E-state index contributed by atoms with van der Waals surface area (Å²) < 4.78 is 0. The second-order valence-corrected chi connectivity index (χ2v) is 5.52. The molecule has 0 heterocycles. The molecular formula is C17H17ClN2O3. The van der Waals surface area contributed by atoms with Crippen LogP contribution in [0, 0.1) is 0 Å². The van der Waals surface area contributed by atoms with E-state index in [9.17, 15) is 14.7 Å². The number of amides is 2. The highest BCUT2D eigenvalue weighted by Gasteiger charge is 2.13. The van der Waals surface area contributed by atoms with Crippen LogP contribution in [0.1, 0.15) is 25.0 Å². The molecule has 0 aliphatic carbocycles. The number of carbonyl (C=O) groups is 2. The highest BCUT2D eigenvalue weighted by atomic mass is 35.5. The number of anilines is 2. The zero-order valence-electron chi connectivity index (χ0n) is 12.5. The van der Waals surface area contributed by atoms with E-state index in [1.54, 1.807) is 48.5 Å². The first-order valence-electron chi connectivity index (χ1n) is 7.05. The molecule has 0 saturated heterocycles. The Labute approximate surface area is 139 Å². The molecule has 2 aromatic rings. The Hall–Kier alpha value is -2.37. The largest absolute Gasteiger partial charge is 0.388 e. The minimum atomic E-state index is -0.911. The van der Waals surface area contributed by atoms with Crippen molar-refractivity contribution in [2.24, 2.45) is 0 Å². The van der Waals surface area contributed by atoms with Crippen molar-refractivity contribution in [3.8, 4) is 0 Å². The van der Waals surface area contributed by atoms with E-state index in [1.165, 1.54) is 6.92 Å². The summed E-state index contributed by atoms with van der Waals surface area (Å²) >= 11 is 5.79. The van der Waals surface area contributed by atoms with Gasteiger partial charge in [0.2, 0.25) is 11.8 Å². The van der Waals surface area contributed by atoms with E-state index in [1.807, 2.05) is 0 Å². The molecule has 0 aliphatic heterocycles. The lowest BCUT2D eigenvalue weighted by Crippen LogP contribution is -2.15. The van der Waals surface area contributed by atoms with E-state index in [2.05, 4.69) is 10.6 Å². The number of nitrogens with one attached hydrogen (secondary N) is 2. The number of rotatable bonds is 5. The number of aliphatic hydroxyl groups excluding tert-OH is 1. The van der Waals surface area contributed by atoms with E-state index in [0.717, 1.165) is 0 Å². The molecule has 0 aliphatic rings. The van der Waals surface area contributed by atoms with Crippen LogP contribution in [0.4, 0.5) is 11.4 Å². The highest BCUT2D eigenvalue weighted by Crippen LogP contribution is 2.21. The molecule has 2 amide bonds. The quantitative estimate of drug-likeness (QED) is 0.785. The van der Waals surface area contributed by atoms with Crippen molar-refractivity contribution in [3.63, 3.8) is 0 Å². The zero-order chi connectivity index (χ0) is 16.8. The highest BCUT2D eigenvalue weighted by molar-refractivity contribution is 6.30. The maximum absolute atomic E-state index is 12.0. The predicted octanol–water partition coefficient (Wildman–Crippen LogP) is 3.36. The summed E-state index contributed by atoms with van der Waals surface area (Å²) in [5, 5.41) is 16.0. The van der Waals surface area contributed by atoms with Gasteiger partial charge in [-0.15, -0.1) is 0 Å². The SMILES string of the molecule is CC(=O)Nc1cccc(NC(=O)CC(O)c2ccc(Cl)cc2)c1. The first kappa shape index (κ1) is 17.0. The number of hydrogen-bond donors (Lipinski definition) is 3. The van der Waals surface area contributed by atoms with Crippen molar-refractivity contribution >= 4 is 34.8 Å². The minimum absolute atomic E-state index is 0.0774. The summed E-state index contributed by atoms with van der Waals surface area (Å²) in [6, 6.07) is 13.5. The summed E-state index contributed by atoms with van der Waals surface area (Å²) in [5.41, 5.74) is 1.76. The number of benzene rings is 2. The number of aliphatic hydroxyl groups is 1. The van der Waals surface area contributed by atoms with Crippen molar-refractivity contribution in [1.82, 2.24) is 0 Å². The summed E-state index contributed by atoms with van der Waals surface area (Å²) in [5.74, 6) is -0.515. The van der Waals surface area contributed by atoms with Gasteiger partial charge in [-0.1, -0.05) is 29.8 Å². The Kier molecular flexibility index (Phi) is 5.73. The van der Waals surface area contributed by atoms with Gasteiger partial charge in [-0.25, -0.2) is 0 Å². The van der Waals surface area contributed by atoms with Gasteiger partial charge in [-0.2, -0.15) is 0 Å². The molecule has 5 nitrogen and oxygen atoms in total. The maximum Gasteiger partial charge on any atom is 0.227 e. The Morgan fingerprint density at radius 2 is 1.70 bits per heavy atom. The van der Waals surface area contributed by atoms with Gasteiger partial charge in [-0.3, -0.25) is 9.59 Å². The van der Waals surface area contributed by atoms with Crippen molar-refractivity contribution in [2.75, 3.05) is 10.6 Å². The van der Waals surface area contributed by atoms with Crippen LogP contribution in [-0.4, -0.2) is 16.9 Å². The average Bonchev–Trinajstić information content (AvgIpc) is 2.47. The predicted molar refractivity (Wildman–Crippen MR) is 90.4 cm³/mol. The van der Waals surface area contributed by atoms with Crippen LogP contribution in [0.2, 0.25) is 5.02 Å². The lowest BCUT2D eigenvalue weighted by Gasteiger charge is -2.12. The molecule has 0 aromatic heterocycles. The van der Waals surface area contributed by atoms with Gasteiger partial charge in [0.05, 0.1) is 12.5 Å². The van der Waals surface area contributed by atoms with E-state index in [-0.39, 0.29) is 18.2 Å². The van der Waals surface area contributed by atoms with Gasteiger partial charge in [0.1, 0.15) is 0 Å². The second kappa shape index (κ2) is 7.76. The summed E-state index contributed by atoms with van der Waals surface area (Å²) in [6.45, 7) is 1.41. The first-order valence-corrected chi connectivity index (χ1v) is 7.43. The van der Waals surface area contributed by atoms with Crippen LogP contribution in [0.5, 0.6) is 0 Å². The molecule has 0 saturated carbocycles. The number of hydrogen-bond acceptors (Lipinski definition) is 3. The Morgan fingerprint density at radius 3 is 2.30 bits per heavy atom. The van der Waals surface area contributed by atoms with Crippen molar-refractivity contribution in [2.45, 2.75) is 19.4 Å². The van der Waals surface area contributed by atoms with Crippen LogP contribution in [0.3, 0.4) is 0 Å². The van der Waals surface area contributed by atoms with Gasteiger partial charge in [0, 0.05) is 23.3 Å². The van der Waals surface area contributed by atoms with E-state index in [4.69, 9.17) is 11.6 Å². The Bertz CT molecular complexity index is 701. The second-order valence-electron chi connectivity index (χ2n) is 5.08. The maximum atomic E-state index is 12.0. The van der Waals surface area contributed by atoms with Crippen LogP contribution >= 0.6 is 11.6 Å². The molecule has 1 atom stereocenters. The fourth-order valence-corrected chi connectivity index (χ4v) is 2.19. The van der Waals surface area contributed by atoms with Crippen LogP contribution < -0.4 is 10.6 Å². The first-order chi connectivity index (χ1) is 10.9. The molecule has 120 valence electrons. The third kappa shape index (κ3) is 5.39. The van der Waals surface area contributed by atoms with E-state index >= 15 is 0 Å². The fraction of sp³-hybridized carbons (Fsp3) is 0.176. The molecule has 0 fully saturated rings. The van der Waals surface area contributed by atoms with Crippen molar-refractivity contribution < 1.29 is 14.7 Å². The third-order valence-corrected chi connectivity index (χ3v) is 3.35. The molecule has 0 bridgehead atoms. The normalized spacial score (nSPS) is 11.6. The lowest BCUT2D eigenvalue weighted by atomic mass is 10.1. The smallest absolute Gasteiger partial charge is 0.227 e. The van der Waals surface area contributed by atoms with Gasteiger partial charge in [0.15, 0.2) is 0 Å². The lowest BCUT2D eigenvalue weighted by molar-refractivity contribution is -0.118. The summed E-state index contributed by atoms with van der Waals surface area (Å²) in [4.78, 5) is 23.0. The molecule has 1 unspecified atom stereocenters. The van der Waals surface area contributed by atoms with Gasteiger partial charge < -0.3 is 15.7 Å². The third-order valence-electron chi connectivity index (χ3n) is 3.10. The van der Waals surface area contributed by atoms with Crippen LogP contribution in [0.25, 0.3) is 0 Å². The number of carbonyl (C=O) groups excluding carboxylic acids is 2. The monoisotopic (exact) mass is 332 g/mol. The zero-order valence-corrected chi connectivity index (χ0v) is 13.3. The Balaban J connectivity index is 1.96. The molecule has 0 spiro atoms. The molecule has 23 heavy (non-hydrogen) atoms. The molecule has 3 N–H and O–H groups in total. The molecule has 0 radical (unpaired) electrons. The molecule has 2 aromatic carbocycles. The van der Waals surface area contributed by atoms with Crippen molar-refractivity contribution in [3.05, 3.63) is 59.1 Å². The summed E-state index contributed by atoms with van der Waals surface area (Å²) in [6.07, 6.45) is -0.989. The van der Waals surface area contributed by atoms with E-state index in [0.29, 0.717) is 22.0 Å². The molecular weight excluding hydrogens is 316 g/mol. The fourth-order valence-electron chi connectivity index (χ4n) is 2.07. The van der Waals surface area contributed by atoms with Gasteiger partial charge in [0.25, 0.3) is 0 Å². The van der Waals surface area contributed by atoms with E-state index < -0.39 is 6.10 Å². The molecule has 2 rings (SSSR count). The standard InChI is InChI=1S/C17H17ClN2O3/c1-11(21)19-14-3-2-4-15(9-14)20-17(23)10-16(22)12-5-7-13(18)8-6-12/h2-9,16,22H,10H2,1H3,(H,19,21)(H,20,23).